The van der Waals surface area contributed by atoms with Gasteiger partial charge < -0.3 is 12.4 Å². The predicted octanol–water partition coefficient (Wildman–Crippen LogP) is -1.11. The van der Waals surface area contributed by atoms with E-state index in [1.54, 1.807) is 11.8 Å². The van der Waals surface area contributed by atoms with Crippen LogP contribution in [0.15, 0.2) is 15.6 Å². The van der Waals surface area contributed by atoms with E-state index in [2.05, 4.69) is 10.5 Å². The second-order valence-corrected chi connectivity index (χ2v) is 2.45. The topological polar surface area (TPSA) is 12.4 Å². The average molecular weight is 148 g/mol. The van der Waals surface area contributed by atoms with Gasteiger partial charge in [-0.05, 0) is 6.92 Å². The molecule has 0 amide bonds. The summed E-state index contributed by atoms with van der Waals surface area (Å²) in [7, 11) is 0. The van der Waals surface area contributed by atoms with Gasteiger partial charge in [-0.2, -0.15) is 0 Å². The molecule has 3 heteroatoms. The lowest BCUT2D eigenvalue weighted by Crippen LogP contribution is -3.00. The molecule has 0 atom stereocenters. The second-order valence-electron chi connectivity index (χ2n) is 1.45. The van der Waals surface area contributed by atoms with Crippen molar-refractivity contribution in [2.75, 3.05) is 0 Å². The van der Waals surface area contributed by atoms with Gasteiger partial charge in [0.2, 0.25) is 0 Å². The first kappa shape index (κ1) is 7.96. The molecule has 0 fully saturated rings. The maximum atomic E-state index is 3.91. The third-order valence-electron chi connectivity index (χ3n) is 0.922. The quantitative estimate of drug-likeness (QED) is 0.396. The van der Waals surface area contributed by atoms with Crippen LogP contribution in [0, 0.1) is 0 Å². The second kappa shape index (κ2) is 3.08. The van der Waals surface area contributed by atoms with Gasteiger partial charge in [0.1, 0.15) is 16.7 Å². The lowest BCUT2D eigenvalue weighted by Gasteiger charge is -1.71. The zero-order chi connectivity index (χ0) is 5.28. The van der Waals surface area contributed by atoms with E-state index in [9.17, 15) is 0 Å². The summed E-state index contributed by atoms with van der Waals surface area (Å²) in [6.45, 7) is 4.03. The number of thioether (sulfide) groups is 1. The SMILES string of the molecule is CC1=C(C)S[C+]=N1.[Cl-]. The Hall–Kier alpha value is -0.0400. The largest absolute Gasteiger partial charge is 1.00 e. The monoisotopic (exact) mass is 147 g/mol. The summed E-state index contributed by atoms with van der Waals surface area (Å²) >= 11 is 1.57. The molecule has 1 aliphatic rings. The van der Waals surface area contributed by atoms with Crippen molar-refractivity contribution >= 4 is 17.3 Å². The van der Waals surface area contributed by atoms with Gasteiger partial charge in [0.15, 0.2) is 5.70 Å². The minimum absolute atomic E-state index is 0. The van der Waals surface area contributed by atoms with Crippen molar-refractivity contribution in [3.63, 3.8) is 0 Å². The zero-order valence-corrected chi connectivity index (χ0v) is 6.31. The molecule has 0 aromatic carbocycles. The van der Waals surface area contributed by atoms with E-state index in [4.69, 9.17) is 0 Å². The summed E-state index contributed by atoms with van der Waals surface area (Å²) < 4.78 is 0. The molecule has 8 heavy (non-hydrogen) atoms. The molecule has 1 nitrogen and oxygen atoms in total. The number of allylic oxidation sites excluding steroid dienone is 2. The molecule has 1 heterocycles. The number of hydrogen-bond acceptors (Lipinski definition) is 2. The molecular formula is C5H6ClNS. The highest BCUT2D eigenvalue weighted by molar-refractivity contribution is 8.15. The molecular weight excluding hydrogens is 142 g/mol. The highest BCUT2D eigenvalue weighted by Gasteiger charge is 2.13. The van der Waals surface area contributed by atoms with Crippen LogP contribution in [-0.4, -0.2) is 5.55 Å². The minimum atomic E-state index is 0. The first-order valence-electron chi connectivity index (χ1n) is 2.11. The van der Waals surface area contributed by atoms with Crippen LogP contribution in [0.2, 0.25) is 0 Å². The van der Waals surface area contributed by atoms with Gasteiger partial charge >= 0.3 is 0 Å². The summed E-state index contributed by atoms with van der Waals surface area (Å²) in [5.74, 6) is 0. The summed E-state index contributed by atoms with van der Waals surface area (Å²) in [6.07, 6.45) is 0. The van der Waals surface area contributed by atoms with E-state index in [0.29, 0.717) is 0 Å². The van der Waals surface area contributed by atoms with Gasteiger partial charge in [-0.3, -0.25) is 0 Å². The molecule has 0 aliphatic carbocycles. The van der Waals surface area contributed by atoms with Crippen molar-refractivity contribution in [3.8, 4) is 0 Å². The van der Waals surface area contributed by atoms with E-state index in [1.807, 2.05) is 13.8 Å². The summed E-state index contributed by atoms with van der Waals surface area (Å²) in [5, 5.41) is 0. The Balaban J connectivity index is 0.000000490. The van der Waals surface area contributed by atoms with Crippen LogP contribution in [0.25, 0.3) is 0 Å². The molecule has 1 rings (SSSR count). The summed E-state index contributed by atoms with van der Waals surface area (Å²) in [5.41, 5.74) is 3.89. The molecule has 0 N–H and O–H groups in total. The smallest absolute Gasteiger partial charge is 0.272 e. The Kier molecular flexibility index (Phi) is 3.06. The van der Waals surface area contributed by atoms with Gasteiger partial charge in [-0.1, -0.05) is 0 Å². The Morgan fingerprint density at radius 2 is 2.12 bits per heavy atom. The van der Waals surface area contributed by atoms with Crippen LogP contribution < -0.4 is 12.4 Å². The number of aliphatic imine (C=N–C) groups is 1. The van der Waals surface area contributed by atoms with Crippen molar-refractivity contribution in [1.29, 1.82) is 0 Å². The van der Waals surface area contributed by atoms with Crippen LogP contribution in [0.4, 0.5) is 0 Å². The van der Waals surface area contributed by atoms with Gasteiger partial charge in [0.05, 0.1) is 0 Å². The fourth-order valence-electron chi connectivity index (χ4n) is 0.312. The van der Waals surface area contributed by atoms with E-state index in [-0.39, 0.29) is 12.4 Å². The Bertz CT molecular complexity index is 139. The number of rotatable bonds is 0. The van der Waals surface area contributed by atoms with Gasteiger partial charge in [0.25, 0.3) is 5.55 Å². The maximum Gasteiger partial charge on any atom is 0.272 e. The molecule has 0 saturated heterocycles. The van der Waals surface area contributed by atoms with Crippen molar-refractivity contribution < 1.29 is 12.4 Å². The molecule has 44 valence electrons. The van der Waals surface area contributed by atoms with Crippen LogP contribution in [0.3, 0.4) is 0 Å². The van der Waals surface area contributed by atoms with Crippen LogP contribution in [0.5, 0.6) is 0 Å². The zero-order valence-electron chi connectivity index (χ0n) is 4.73. The summed E-state index contributed by atoms with van der Waals surface area (Å²) in [4.78, 5) is 5.17. The Morgan fingerprint density at radius 3 is 2.25 bits per heavy atom. The van der Waals surface area contributed by atoms with Crippen LogP contribution in [-0.2, 0) is 0 Å². The highest BCUT2D eigenvalue weighted by Crippen LogP contribution is 2.22. The van der Waals surface area contributed by atoms with Crippen molar-refractivity contribution in [3.05, 3.63) is 10.6 Å². The molecule has 0 aromatic heterocycles. The standard InChI is InChI=1S/C5H6NS.ClH/c1-4-5(2)7-3-6-4;/h1-2H3;1H/q+1;/p-1. The van der Waals surface area contributed by atoms with E-state index < -0.39 is 0 Å². The number of hydrogen-bond donors (Lipinski definition) is 0. The third kappa shape index (κ3) is 1.48. The maximum absolute atomic E-state index is 3.91. The fourth-order valence-corrected chi connectivity index (χ4v) is 0.825. The molecule has 1 aliphatic heterocycles. The lowest BCUT2D eigenvalue weighted by molar-refractivity contribution is -0.00000150. The molecule has 0 aromatic rings. The summed E-state index contributed by atoms with van der Waals surface area (Å²) in [6, 6.07) is 0. The number of halogens is 1. The third-order valence-corrected chi connectivity index (χ3v) is 1.71. The average Bonchev–Trinajstić information content (AvgIpc) is 1.91. The predicted molar refractivity (Wildman–Crippen MR) is 33.4 cm³/mol. The van der Waals surface area contributed by atoms with E-state index >= 15 is 0 Å². The molecule has 0 bridgehead atoms. The van der Waals surface area contributed by atoms with E-state index in [0.717, 1.165) is 5.70 Å². The minimum Gasteiger partial charge on any atom is -1.00 e. The lowest BCUT2D eigenvalue weighted by atomic mass is 10.5. The normalized spacial score (nSPS) is 15.8. The first-order valence-corrected chi connectivity index (χ1v) is 2.92. The van der Waals surface area contributed by atoms with Crippen molar-refractivity contribution in [2.24, 2.45) is 4.99 Å². The molecule has 0 unspecified atom stereocenters. The van der Waals surface area contributed by atoms with Crippen LogP contribution >= 0.6 is 11.8 Å². The van der Waals surface area contributed by atoms with E-state index in [1.165, 1.54) is 4.91 Å². The van der Waals surface area contributed by atoms with Crippen molar-refractivity contribution in [2.45, 2.75) is 13.8 Å². The molecule has 0 radical (unpaired) electrons. The Labute approximate surface area is 59.7 Å². The van der Waals surface area contributed by atoms with Gasteiger partial charge in [-0.25, -0.2) is 0 Å². The highest BCUT2D eigenvalue weighted by atomic mass is 35.5. The molecule has 0 saturated carbocycles. The Morgan fingerprint density at radius 1 is 1.50 bits per heavy atom. The molecule has 0 spiro atoms. The fraction of sp³-hybridized carbons (Fsp3) is 0.400. The van der Waals surface area contributed by atoms with Gasteiger partial charge in [0, 0.05) is 11.9 Å². The number of nitrogens with zero attached hydrogens (tertiary/aromatic N) is 1. The van der Waals surface area contributed by atoms with Crippen LogP contribution in [0.1, 0.15) is 13.8 Å². The van der Waals surface area contributed by atoms with Gasteiger partial charge in [-0.15, -0.1) is 0 Å². The first-order chi connectivity index (χ1) is 3.30. The van der Waals surface area contributed by atoms with Crippen molar-refractivity contribution in [1.82, 2.24) is 0 Å².